The van der Waals surface area contributed by atoms with E-state index in [0.717, 1.165) is 16.5 Å². The first-order valence-electron chi connectivity index (χ1n) is 11.0. The lowest BCUT2D eigenvalue weighted by molar-refractivity contribution is 0.340. The monoisotopic (exact) mass is 416 g/mol. The number of anilines is 1. The van der Waals surface area contributed by atoms with Gasteiger partial charge in [0.05, 0.1) is 11.7 Å². The summed E-state index contributed by atoms with van der Waals surface area (Å²) < 4.78 is 2.51. The van der Waals surface area contributed by atoms with E-state index in [2.05, 4.69) is 81.4 Å². The molecule has 1 N–H and O–H groups in total. The predicted molar refractivity (Wildman–Crippen MR) is 126 cm³/mol. The Labute approximate surface area is 183 Å². The maximum atomic E-state index is 5.87. The lowest BCUT2D eigenvalue weighted by Gasteiger charge is -2.32. The van der Waals surface area contributed by atoms with Gasteiger partial charge in [-0.15, -0.1) is 0 Å². The van der Waals surface area contributed by atoms with Gasteiger partial charge in [0.25, 0.3) is 0 Å². The number of hydrogen-bond acceptors (Lipinski definition) is 2. The van der Waals surface area contributed by atoms with Crippen LogP contribution in [0.2, 0.25) is 0 Å². The fraction of sp³-hybridized carbons (Fsp3) is 0.360. The molecule has 2 aliphatic rings. The van der Waals surface area contributed by atoms with Crippen molar-refractivity contribution in [1.29, 1.82) is 0 Å². The van der Waals surface area contributed by atoms with Gasteiger partial charge in [0.2, 0.25) is 0 Å². The normalized spacial score (nSPS) is 22.3. The highest BCUT2D eigenvalue weighted by Crippen LogP contribution is 2.43. The van der Waals surface area contributed by atoms with Crippen molar-refractivity contribution in [3.63, 3.8) is 0 Å². The Morgan fingerprint density at radius 2 is 1.87 bits per heavy atom. The molecule has 0 radical (unpaired) electrons. The van der Waals surface area contributed by atoms with E-state index in [0.29, 0.717) is 6.04 Å². The number of aryl methyl sites for hydroxylation is 1. The molecule has 154 valence electrons. The van der Waals surface area contributed by atoms with Crippen LogP contribution >= 0.6 is 12.2 Å². The summed E-state index contributed by atoms with van der Waals surface area (Å²) in [6.45, 7) is 2.13. The van der Waals surface area contributed by atoms with Crippen molar-refractivity contribution in [3.8, 4) is 0 Å². The number of rotatable bonds is 4. The summed E-state index contributed by atoms with van der Waals surface area (Å²) in [5.74, 6) is 0. The van der Waals surface area contributed by atoms with Gasteiger partial charge in [0.15, 0.2) is 5.11 Å². The molecule has 0 spiro atoms. The van der Waals surface area contributed by atoms with Gasteiger partial charge < -0.3 is 14.8 Å². The molecule has 1 aliphatic carbocycles. The highest BCUT2D eigenvalue weighted by Gasteiger charge is 2.42. The minimum Gasteiger partial charge on any atom is -0.351 e. The molecule has 2 aromatic heterocycles. The summed E-state index contributed by atoms with van der Waals surface area (Å²) in [4.78, 5) is 6.97. The van der Waals surface area contributed by atoms with Crippen LogP contribution in [0, 0.1) is 6.92 Å². The Balaban J connectivity index is 1.62. The quantitative estimate of drug-likeness (QED) is 0.539. The molecule has 5 heteroatoms. The fourth-order valence-electron chi connectivity index (χ4n) is 5.06. The molecule has 3 heterocycles. The van der Waals surface area contributed by atoms with Gasteiger partial charge in [-0.2, -0.15) is 0 Å². The van der Waals surface area contributed by atoms with Crippen LogP contribution < -0.4 is 10.2 Å². The van der Waals surface area contributed by atoms with E-state index in [1.54, 1.807) is 0 Å². The second-order valence-electron chi connectivity index (χ2n) is 8.47. The van der Waals surface area contributed by atoms with Crippen molar-refractivity contribution < 1.29 is 0 Å². The van der Waals surface area contributed by atoms with E-state index < -0.39 is 0 Å². The van der Waals surface area contributed by atoms with Crippen molar-refractivity contribution in [2.75, 3.05) is 4.90 Å². The molecule has 5 rings (SSSR count). The molecular formula is C25H28N4S. The first-order valence-corrected chi connectivity index (χ1v) is 11.4. The topological polar surface area (TPSA) is 33.1 Å². The Hall–Kier alpha value is -2.66. The van der Waals surface area contributed by atoms with Crippen LogP contribution in [0.4, 0.5) is 5.69 Å². The van der Waals surface area contributed by atoms with E-state index >= 15 is 0 Å². The Morgan fingerprint density at radius 1 is 1.00 bits per heavy atom. The third kappa shape index (κ3) is 3.52. The SMILES string of the molecule is Cc1cccc(N2C(=S)N[C@@H](c3ccccn3)[C@H]2c2cccn2C2CCCCC2)c1. The fourth-order valence-corrected chi connectivity index (χ4v) is 5.41. The molecule has 0 bridgehead atoms. The molecule has 30 heavy (non-hydrogen) atoms. The molecular weight excluding hydrogens is 388 g/mol. The van der Waals surface area contributed by atoms with Crippen LogP contribution in [0.25, 0.3) is 0 Å². The van der Waals surface area contributed by atoms with E-state index in [-0.39, 0.29) is 12.1 Å². The molecule has 2 atom stereocenters. The third-order valence-corrected chi connectivity index (χ3v) is 6.78. The molecule has 1 aromatic carbocycles. The Bertz CT molecular complexity index is 1020. The lowest BCUT2D eigenvalue weighted by Crippen LogP contribution is -2.31. The van der Waals surface area contributed by atoms with Gasteiger partial charge in [-0.05, 0) is 73.9 Å². The molecule has 1 saturated carbocycles. The predicted octanol–water partition coefficient (Wildman–Crippen LogP) is 5.87. The van der Waals surface area contributed by atoms with Crippen LogP contribution in [0.1, 0.15) is 67.2 Å². The third-order valence-electron chi connectivity index (χ3n) is 6.46. The van der Waals surface area contributed by atoms with E-state index in [4.69, 9.17) is 12.2 Å². The average molecular weight is 417 g/mol. The Morgan fingerprint density at radius 3 is 2.63 bits per heavy atom. The lowest BCUT2D eigenvalue weighted by atomic mass is 9.94. The standard InChI is InChI=1S/C25H28N4S/c1-18-9-7-12-20(17-18)29-24(23(27-25(29)30)21-13-5-6-15-26-21)22-14-8-16-28(22)19-10-3-2-4-11-19/h5-9,12-17,19,23-24H,2-4,10-11H2,1H3,(H,27,30)/t23-,24+/m0/s1. The van der Waals surface area contributed by atoms with E-state index in [1.807, 2.05) is 12.3 Å². The van der Waals surface area contributed by atoms with Gasteiger partial charge >= 0.3 is 0 Å². The van der Waals surface area contributed by atoms with Crippen LogP contribution in [0.15, 0.2) is 67.0 Å². The first kappa shape index (κ1) is 19.3. The molecule has 1 aliphatic heterocycles. The van der Waals surface area contributed by atoms with Gasteiger partial charge in [-0.3, -0.25) is 4.98 Å². The van der Waals surface area contributed by atoms with Gasteiger partial charge in [-0.1, -0.05) is 37.5 Å². The largest absolute Gasteiger partial charge is 0.351 e. The van der Waals surface area contributed by atoms with Crippen molar-refractivity contribution in [2.24, 2.45) is 0 Å². The summed E-state index contributed by atoms with van der Waals surface area (Å²) in [7, 11) is 0. The summed E-state index contributed by atoms with van der Waals surface area (Å²) in [5.41, 5.74) is 4.70. The van der Waals surface area contributed by atoms with E-state index in [9.17, 15) is 0 Å². The highest BCUT2D eigenvalue weighted by atomic mass is 32.1. The summed E-state index contributed by atoms with van der Waals surface area (Å²) in [6.07, 6.45) is 10.6. The molecule has 4 nitrogen and oxygen atoms in total. The maximum Gasteiger partial charge on any atom is 0.174 e. The second-order valence-corrected chi connectivity index (χ2v) is 8.85. The van der Waals surface area contributed by atoms with Crippen molar-refractivity contribution >= 4 is 23.0 Å². The van der Waals surface area contributed by atoms with Crippen LogP contribution in [0.5, 0.6) is 0 Å². The van der Waals surface area contributed by atoms with Crippen LogP contribution in [-0.2, 0) is 0 Å². The zero-order valence-electron chi connectivity index (χ0n) is 17.4. The minimum absolute atomic E-state index is 0.0106. The zero-order valence-corrected chi connectivity index (χ0v) is 18.2. The molecule has 3 aromatic rings. The number of thiocarbonyl (C=S) groups is 1. The van der Waals surface area contributed by atoms with Gasteiger partial charge in [-0.25, -0.2) is 0 Å². The molecule has 0 amide bonds. The van der Waals surface area contributed by atoms with Crippen molar-refractivity contribution in [3.05, 3.63) is 83.9 Å². The van der Waals surface area contributed by atoms with Gasteiger partial charge in [0.1, 0.15) is 6.04 Å². The van der Waals surface area contributed by atoms with Crippen molar-refractivity contribution in [1.82, 2.24) is 14.9 Å². The van der Waals surface area contributed by atoms with Crippen LogP contribution in [-0.4, -0.2) is 14.7 Å². The Kier molecular flexibility index (Phi) is 5.30. The smallest absolute Gasteiger partial charge is 0.174 e. The maximum absolute atomic E-state index is 5.87. The second kappa shape index (κ2) is 8.23. The highest BCUT2D eigenvalue weighted by molar-refractivity contribution is 7.80. The van der Waals surface area contributed by atoms with Crippen LogP contribution in [0.3, 0.4) is 0 Å². The summed E-state index contributed by atoms with van der Waals surface area (Å²) in [5, 5.41) is 4.35. The number of benzene rings is 1. The van der Waals surface area contributed by atoms with Crippen molar-refractivity contribution in [2.45, 2.75) is 57.2 Å². The van der Waals surface area contributed by atoms with Gasteiger partial charge in [0, 0.05) is 29.8 Å². The summed E-state index contributed by atoms with van der Waals surface area (Å²) >= 11 is 5.87. The number of aromatic nitrogens is 2. The number of pyridine rings is 1. The first-order chi connectivity index (χ1) is 14.7. The summed E-state index contributed by atoms with van der Waals surface area (Å²) in [6, 6.07) is 19.8. The van der Waals surface area contributed by atoms with E-state index in [1.165, 1.54) is 43.4 Å². The zero-order chi connectivity index (χ0) is 20.5. The number of nitrogens with zero attached hydrogens (tertiary/aromatic N) is 3. The average Bonchev–Trinajstić information content (AvgIpc) is 3.39. The molecule has 2 fully saturated rings. The minimum atomic E-state index is 0.0106. The molecule has 0 unspecified atom stereocenters. The number of nitrogens with one attached hydrogen (secondary N) is 1. The number of hydrogen-bond donors (Lipinski definition) is 1. The molecule has 1 saturated heterocycles.